The van der Waals surface area contributed by atoms with Gasteiger partial charge < -0.3 is 21.5 Å². The average Bonchev–Trinajstić information content (AvgIpc) is 2.61. The van der Waals surface area contributed by atoms with E-state index in [4.69, 9.17) is 16.2 Å². The van der Waals surface area contributed by atoms with Crippen molar-refractivity contribution in [3.63, 3.8) is 0 Å². The zero-order valence-electron chi connectivity index (χ0n) is 13.4. The third kappa shape index (κ3) is 4.96. The van der Waals surface area contributed by atoms with Crippen molar-refractivity contribution in [3.8, 4) is 11.5 Å². The van der Waals surface area contributed by atoms with Crippen LogP contribution in [0.4, 0.5) is 0 Å². The molecule has 0 atom stereocenters. The van der Waals surface area contributed by atoms with Crippen LogP contribution in [0.1, 0.15) is 15.9 Å². The molecule has 0 saturated carbocycles. The first-order chi connectivity index (χ1) is 11.6. The predicted molar refractivity (Wildman–Crippen MR) is 95.0 cm³/mol. The van der Waals surface area contributed by atoms with Crippen LogP contribution < -0.4 is 21.5 Å². The first kappa shape index (κ1) is 17.2. The van der Waals surface area contributed by atoms with E-state index in [1.54, 1.807) is 37.5 Å². The minimum atomic E-state index is -0.433. The van der Waals surface area contributed by atoms with Crippen LogP contribution in [0.25, 0.3) is 0 Å². The number of benzene rings is 2. The van der Waals surface area contributed by atoms with E-state index >= 15 is 0 Å². The normalized spacial score (nSPS) is 11.5. The minimum Gasteiger partial charge on any atom is -0.457 e. The first-order valence-electron chi connectivity index (χ1n) is 7.41. The molecular weight excluding hydrogens is 304 g/mol. The van der Waals surface area contributed by atoms with Gasteiger partial charge in [-0.15, -0.1) is 0 Å². The van der Waals surface area contributed by atoms with Crippen molar-refractivity contribution in [1.29, 1.82) is 0 Å². The molecule has 0 aliphatic heterocycles. The van der Waals surface area contributed by atoms with E-state index < -0.39 is 5.91 Å². The topological polar surface area (TPSA) is 103 Å². The van der Waals surface area contributed by atoms with Gasteiger partial charge in [-0.25, -0.2) is 0 Å². The largest absolute Gasteiger partial charge is 0.457 e. The number of rotatable bonds is 6. The maximum atomic E-state index is 12.1. The highest BCUT2D eigenvalue weighted by Gasteiger charge is 2.07. The minimum absolute atomic E-state index is 0.123. The molecule has 0 aliphatic carbocycles. The summed E-state index contributed by atoms with van der Waals surface area (Å²) in [4.78, 5) is 15.9. The van der Waals surface area contributed by atoms with Crippen LogP contribution in [-0.4, -0.2) is 18.8 Å². The quantitative estimate of drug-likeness (QED) is 0.558. The molecule has 6 heteroatoms. The smallest absolute Gasteiger partial charge is 0.279 e. The highest BCUT2D eigenvalue weighted by Crippen LogP contribution is 2.23. The fourth-order valence-corrected chi connectivity index (χ4v) is 1.91. The Bertz CT molecular complexity index is 752. The monoisotopic (exact) mass is 324 g/mol. The zero-order valence-corrected chi connectivity index (χ0v) is 13.4. The molecule has 0 unspecified atom stereocenters. The van der Waals surface area contributed by atoms with E-state index in [1.807, 2.05) is 24.3 Å². The Morgan fingerprint density at radius 2 is 1.96 bits per heavy atom. The Morgan fingerprint density at radius 3 is 2.62 bits per heavy atom. The number of nitrogens with zero attached hydrogens (tertiary/aromatic N) is 1. The second-order valence-electron chi connectivity index (χ2n) is 4.94. The molecule has 2 aromatic carbocycles. The van der Waals surface area contributed by atoms with Crippen molar-refractivity contribution in [1.82, 2.24) is 5.32 Å². The molecule has 0 saturated heterocycles. The Kier molecular flexibility index (Phi) is 6.10. The molecule has 24 heavy (non-hydrogen) atoms. The van der Waals surface area contributed by atoms with Crippen LogP contribution >= 0.6 is 0 Å². The van der Waals surface area contributed by atoms with E-state index in [2.05, 4.69) is 10.3 Å². The second-order valence-corrected chi connectivity index (χ2v) is 4.94. The summed E-state index contributed by atoms with van der Waals surface area (Å²) >= 11 is 0. The summed E-state index contributed by atoms with van der Waals surface area (Å²) < 4.78 is 5.74. The maximum Gasteiger partial charge on any atom is 0.279 e. The summed E-state index contributed by atoms with van der Waals surface area (Å²) in [5.74, 6) is 0.896. The second kappa shape index (κ2) is 8.50. The highest BCUT2D eigenvalue weighted by atomic mass is 16.5. The van der Waals surface area contributed by atoms with E-state index in [-0.39, 0.29) is 5.84 Å². The highest BCUT2D eigenvalue weighted by molar-refractivity contribution is 6.06. The summed E-state index contributed by atoms with van der Waals surface area (Å²) in [7, 11) is 1.73. The fourth-order valence-electron chi connectivity index (χ4n) is 1.91. The van der Waals surface area contributed by atoms with Gasteiger partial charge in [-0.1, -0.05) is 18.2 Å². The third-order valence-corrected chi connectivity index (χ3v) is 3.13. The van der Waals surface area contributed by atoms with Crippen LogP contribution in [0, 0.1) is 0 Å². The fraction of sp³-hybridized carbons (Fsp3) is 0.111. The molecule has 0 heterocycles. The summed E-state index contributed by atoms with van der Waals surface area (Å²) in [6.07, 6.45) is 3.11. The van der Waals surface area contributed by atoms with E-state index in [0.717, 1.165) is 5.56 Å². The van der Waals surface area contributed by atoms with Gasteiger partial charge in [0.25, 0.3) is 5.91 Å². The summed E-state index contributed by atoms with van der Waals surface area (Å²) in [5.41, 5.74) is 12.6. The first-order valence-corrected chi connectivity index (χ1v) is 7.41. The van der Waals surface area contributed by atoms with Gasteiger partial charge in [0.1, 0.15) is 17.3 Å². The van der Waals surface area contributed by atoms with Gasteiger partial charge in [-0.05, 0) is 48.2 Å². The molecule has 0 fully saturated rings. The number of aliphatic imine (C=N–C) groups is 1. The van der Waals surface area contributed by atoms with Crippen molar-refractivity contribution in [2.45, 2.75) is 6.54 Å². The lowest BCUT2D eigenvalue weighted by Crippen LogP contribution is -2.12. The zero-order chi connectivity index (χ0) is 17.4. The number of nitrogens with two attached hydrogens (primary N) is 2. The standard InChI is InChI=1S/C18H20N4O2/c1-21-10-9-17(20)22-18(23)14-3-2-4-16(11-14)24-15-7-5-13(12-19)6-8-15/h2-11,21H,12,19H2,1H3,(H2,20,22,23)/b10-9-. The molecule has 0 aliphatic rings. The van der Waals surface area contributed by atoms with E-state index in [0.29, 0.717) is 23.6 Å². The molecule has 2 rings (SSSR count). The number of carbonyl (C=O) groups is 1. The Hall–Kier alpha value is -3.12. The molecule has 1 amide bonds. The summed E-state index contributed by atoms with van der Waals surface area (Å²) in [5, 5.41) is 2.78. The van der Waals surface area contributed by atoms with Crippen molar-refractivity contribution in [3.05, 3.63) is 71.9 Å². The van der Waals surface area contributed by atoms with Crippen molar-refractivity contribution in [2.24, 2.45) is 16.5 Å². The van der Waals surface area contributed by atoms with Gasteiger partial charge in [-0.3, -0.25) is 4.79 Å². The van der Waals surface area contributed by atoms with Crippen molar-refractivity contribution >= 4 is 11.7 Å². The predicted octanol–water partition coefficient (Wildman–Crippen LogP) is 2.17. The average molecular weight is 324 g/mol. The van der Waals surface area contributed by atoms with Crippen molar-refractivity contribution < 1.29 is 9.53 Å². The van der Waals surface area contributed by atoms with Crippen LogP contribution in [-0.2, 0) is 6.54 Å². The molecule has 0 bridgehead atoms. The molecule has 0 radical (unpaired) electrons. The summed E-state index contributed by atoms with van der Waals surface area (Å²) in [6.45, 7) is 0.478. The molecule has 2 aromatic rings. The number of amides is 1. The molecule has 5 N–H and O–H groups in total. The van der Waals surface area contributed by atoms with Crippen LogP contribution in [0.2, 0.25) is 0 Å². The number of amidine groups is 1. The number of hydrogen-bond donors (Lipinski definition) is 3. The van der Waals surface area contributed by atoms with Gasteiger partial charge in [0.15, 0.2) is 0 Å². The molecule has 124 valence electrons. The number of ether oxygens (including phenoxy) is 1. The van der Waals surface area contributed by atoms with Crippen LogP contribution in [0.15, 0.2) is 65.8 Å². The third-order valence-electron chi connectivity index (χ3n) is 3.13. The lowest BCUT2D eigenvalue weighted by molar-refractivity contribution is 0.100. The SMILES string of the molecule is CN/C=C\C(N)=NC(=O)c1cccc(Oc2ccc(CN)cc2)c1. The lowest BCUT2D eigenvalue weighted by Gasteiger charge is -2.07. The van der Waals surface area contributed by atoms with Crippen molar-refractivity contribution in [2.75, 3.05) is 7.05 Å². The molecular formula is C18H20N4O2. The molecule has 6 nitrogen and oxygen atoms in total. The van der Waals surface area contributed by atoms with Crippen LogP contribution in [0.5, 0.6) is 11.5 Å². The van der Waals surface area contributed by atoms with Gasteiger partial charge in [-0.2, -0.15) is 4.99 Å². The lowest BCUT2D eigenvalue weighted by atomic mass is 10.2. The van der Waals surface area contributed by atoms with E-state index in [9.17, 15) is 4.79 Å². The number of nitrogens with one attached hydrogen (secondary N) is 1. The number of carbonyl (C=O) groups excluding carboxylic acids is 1. The molecule has 0 spiro atoms. The van der Waals surface area contributed by atoms with Gasteiger partial charge >= 0.3 is 0 Å². The van der Waals surface area contributed by atoms with Gasteiger partial charge in [0.05, 0.1) is 0 Å². The Balaban J connectivity index is 2.13. The number of hydrogen-bond acceptors (Lipinski definition) is 4. The molecule has 0 aromatic heterocycles. The van der Waals surface area contributed by atoms with Crippen LogP contribution in [0.3, 0.4) is 0 Å². The Morgan fingerprint density at radius 1 is 1.21 bits per heavy atom. The maximum absolute atomic E-state index is 12.1. The van der Waals surface area contributed by atoms with Gasteiger partial charge in [0.2, 0.25) is 0 Å². The summed E-state index contributed by atoms with van der Waals surface area (Å²) in [6, 6.07) is 14.2. The van der Waals surface area contributed by atoms with E-state index in [1.165, 1.54) is 6.08 Å². The van der Waals surface area contributed by atoms with Gasteiger partial charge in [0, 0.05) is 19.2 Å². The Labute approximate surface area is 140 Å².